The van der Waals surface area contributed by atoms with Crippen molar-refractivity contribution in [2.45, 2.75) is 20.4 Å². The number of aromatic nitrogens is 5. The van der Waals surface area contributed by atoms with Crippen LogP contribution in [0.1, 0.15) is 27.2 Å². The molecule has 1 saturated heterocycles. The molecule has 40 heavy (non-hydrogen) atoms. The van der Waals surface area contributed by atoms with E-state index in [9.17, 15) is 14.0 Å². The van der Waals surface area contributed by atoms with E-state index >= 15 is 0 Å². The second-order valence-corrected chi connectivity index (χ2v) is 10.7. The zero-order chi connectivity index (χ0) is 28.0. The Morgan fingerprint density at radius 1 is 1.05 bits per heavy atom. The van der Waals surface area contributed by atoms with Gasteiger partial charge in [0, 0.05) is 18.7 Å². The van der Waals surface area contributed by atoms with Crippen LogP contribution in [0.25, 0.3) is 22.4 Å². The first-order chi connectivity index (χ1) is 19.3. The van der Waals surface area contributed by atoms with E-state index < -0.39 is 5.82 Å². The third-order valence-corrected chi connectivity index (χ3v) is 7.71. The maximum absolute atomic E-state index is 14.4. The van der Waals surface area contributed by atoms with Gasteiger partial charge in [0.1, 0.15) is 24.3 Å². The Balaban J connectivity index is 1.14. The summed E-state index contributed by atoms with van der Waals surface area (Å²) >= 11 is 3.17. The molecular formula is C29H25BrFN7O2. The molecule has 1 aliphatic rings. The molecular weight excluding hydrogens is 577 g/mol. The Bertz CT molecular complexity index is 1780. The molecule has 0 aliphatic carbocycles. The second kappa shape index (κ2) is 10.3. The molecule has 6 rings (SSSR count). The number of hydrogen-bond donors (Lipinski definition) is 0. The zero-order valence-electron chi connectivity index (χ0n) is 21.9. The van der Waals surface area contributed by atoms with Crippen LogP contribution >= 0.6 is 15.9 Å². The molecule has 5 aromatic rings. The number of halogens is 2. The molecule has 0 spiro atoms. The molecule has 0 saturated carbocycles. The van der Waals surface area contributed by atoms with Crippen LogP contribution in [0.3, 0.4) is 0 Å². The quantitative estimate of drug-likeness (QED) is 0.293. The lowest BCUT2D eigenvalue weighted by molar-refractivity contribution is -0.135. The zero-order valence-corrected chi connectivity index (χ0v) is 23.5. The fourth-order valence-electron chi connectivity index (χ4n) is 4.90. The highest BCUT2D eigenvalue weighted by Crippen LogP contribution is 2.24. The maximum Gasteiger partial charge on any atom is 0.254 e. The van der Waals surface area contributed by atoms with E-state index in [1.807, 2.05) is 17.6 Å². The van der Waals surface area contributed by atoms with E-state index in [4.69, 9.17) is 0 Å². The van der Waals surface area contributed by atoms with Crippen molar-refractivity contribution in [2.75, 3.05) is 19.6 Å². The molecule has 3 heterocycles. The third kappa shape index (κ3) is 4.77. The number of benzene rings is 3. The fourth-order valence-corrected chi connectivity index (χ4v) is 5.26. The number of fused-ring (bicyclic) bond motifs is 1. The number of imidazole rings is 1. The summed E-state index contributed by atoms with van der Waals surface area (Å²) in [5.74, 6) is -0.854. The van der Waals surface area contributed by atoms with Gasteiger partial charge in [-0.05, 0) is 77.3 Å². The molecule has 0 atom stereocenters. The van der Waals surface area contributed by atoms with Crippen molar-refractivity contribution >= 4 is 38.8 Å². The van der Waals surface area contributed by atoms with Crippen LogP contribution in [0.15, 0.2) is 71.6 Å². The molecule has 0 bridgehead atoms. The van der Waals surface area contributed by atoms with Gasteiger partial charge < -0.3 is 9.80 Å². The van der Waals surface area contributed by atoms with Gasteiger partial charge in [-0.2, -0.15) is 0 Å². The average Bonchev–Trinajstić information content (AvgIpc) is 3.59. The van der Waals surface area contributed by atoms with Gasteiger partial charge in [-0.25, -0.2) is 14.1 Å². The first-order valence-electron chi connectivity index (χ1n) is 12.8. The number of hydrogen-bond acceptors (Lipinski definition) is 5. The molecule has 1 fully saturated rings. The minimum Gasteiger partial charge on any atom is -0.333 e. The molecule has 2 amide bonds. The summed E-state index contributed by atoms with van der Waals surface area (Å²) in [4.78, 5) is 34.0. The summed E-state index contributed by atoms with van der Waals surface area (Å²) in [6, 6.07) is 16.6. The molecule has 0 unspecified atom stereocenters. The predicted molar refractivity (Wildman–Crippen MR) is 151 cm³/mol. The topological polar surface area (TPSA) is 89.2 Å². The first-order valence-corrected chi connectivity index (χ1v) is 13.5. The van der Waals surface area contributed by atoms with Crippen molar-refractivity contribution in [1.29, 1.82) is 0 Å². The van der Waals surface area contributed by atoms with E-state index in [-0.39, 0.29) is 30.6 Å². The van der Waals surface area contributed by atoms with Crippen molar-refractivity contribution < 1.29 is 14.0 Å². The standard InChI is InChI=1S/C29H25BrFN7O2/c1-18-6-7-19(2)26(12-18)37-17-32-23-13-20(8-9-24(23)37)29(40)36-11-10-35(27(39)16-36)14-21-15-38(34-33-21)25-5-3-4-22(30)28(25)31/h3-9,12-13,15,17H,10-11,14,16H2,1-2H3. The summed E-state index contributed by atoms with van der Waals surface area (Å²) in [6.45, 7) is 5.02. The Morgan fingerprint density at radius 2 is 1.90 bits per heavy atom. The minimum atomic E-state index is -0.447. The lowest BCUT2D eigenvalue weighted by Gasteiger charge is -2.34. The van der Waals surface area contributed by atoms with Crippen LogP contribution in [-0.2, 0) is 11.3 Å². The molecule has 0 radical (unpaired) electrons. The number of aryl methyl sites for hydroxylation is 2. The average molecular weight is 602 g/mol. The lowest BCUT2D eigenvalue weighted by Crippen LogP contribution is -2.51. The third-order valence-electron chi connectivity index (χ3n) is 7.10. The normalized spacial score (nSPS) is 13.8. The monoisotopic (exact) mass is 601 g/mol. The van der Waals surface area contributed by atoms with Gasteiger partial charge in [-0.15, -0.1) is 5.10 Å². The number of piperazine rings is 1. The Kier molecular flexibility index (Phi) is 6.67. The molecule has 11 heteroatoms. The predicted octanol–water partition coefficient (Wildman–Crippen LogP) is 4.61. The van der Waals surface area contributed by atoms with E-state index in [0.29, 0.717) is 34.3 Å². The van der Waals surface area contributed by atoms with Crippen molar-refractivity contribution in [3.05, 3.63) is 99.8 Å². The maximum atomic E-state index is 14.4. The molecule has 9 nitrogen and oxygen atoms in total. The van der Waals surface area contributed by atoms with Crippen LogP contribution in [0.4, 0.5) is 4.39 Å². The summed E-state index contributed by atoms with van der Waals surface area (Å²) in [5.41, 5.74) is 6.21. The number of rotatable bonds is 5. The Labute approximate surface area is 238 Å². The van der Waals surface area contributed by atoms with Gasteiger partial charge in [0.25, 0.3) is 5.91 Å². The summed E-state index contributed by atoms with van der Waals surface area (Å²) in [5, 5.41) is 8.12. The van der Waals surface area contributed by atoms with Gasteiger partial charge in [0.2, 0.25) is 5.91 Å². The molecule has 3 aromatic carbocycles. The van der Waals surface area contributed by atoms with Gasteiger partial charge in [0.15, 0.2) is 5.82 Å². The van der Waals surface area contributed by atoms with Gasteiger partial charge >= 0.3 is 0 Å². The van der Waals surface area contributed by atoms with Gasteiger partial charge in [0.05, 0.1) is 33.9 Å². The smallest absolute Gasteiger partial charge is 0.254 e. The van der Waals surface area contributed by atoms with E-state index in [0.717, 1.165) is 22.3 Å². The molecule has 0 N–H and O–H groups in total. The summed E-state index contributed by atoms with van der Waals surface area (Å²) < 4.78 is 18.1. The first kappa shape index (κ1) is 25.9. The van der Waals surface area contributed by atoms with Crippen LogP contribution < -0.4 is 0 Å². The van der Waals surface area contributed by atoms with Crippen LogP contribution in [-0.4, -0.2) is 65.8 Å². The lowest BCUT2D eigenvalue weighted by atomic mass is 10.1. The van der Waals surface area contributed by atoms with Crippen LogP contribution in [0.5, 0.6) is 0 Å². The number of nitrogens with zero attached hydrogens (tertiary/aromatic N) is 7. The highest BCUT2D eigenvalue weighted by Gasteiger charge is 2.29. The largest absolute Gasteiger partial charge is 0.333 e. The fraction of sp³-hybridized carbons (Fsp3) is 0.207. The summed E-state index contributed by atoms with van der Waals surface area (Å²) in [7, 11) is 0. The van der Waals surface area contributed by atoms with Crippen LogP contribution in [0, 0.1) is 19.7 Å². The number of amides is 2. The molecule has 2 aromatic heterocycles. The van der Waals surface area contributed by atoms with E-state index in [1.165, 1.54) is 4.68 Å². The van der Waals surface area contributed by atoms with Crippen molar-refractivity contribution in [3.63, 3.8) is 0 Å². The summed E-state index contributed by atoms with van der Waals surface area (Å²) in [6.07, 6.45) is 3.37. The Morgan fingerprint density at radius 3 is 2.73 bits per heavy atom. The highest BCUT2D eigenvalue weighted by molar-refractivity contribution is 9.10. The Hall–Kier alpha value is -4.38. The highest BCUT2D eigenvalue weighted by atomic mass is 79.9. The van der Waals surface area contributed by atoms with Crippen molar-refractivity contribution in [2.24, 2.45) is 0 Å². The molecule has 1 aliphatic heterocycles. The van der Waals surface area contributed by atoms with Crippen molar-refractivity contribution in [1.82, 2.24) is 34.3 Å². The SMILES string of the molecule is Cc1ccc(C)c(-n2cnc3cc(C(=O)N4CCN(Cc5cn(-c6cccc(Br)c6F)nn5)C(=O)C4)ccc32)c1. The van der Waals surface area contributed by atoms with E-state index in [1.54, 1.807) is 52.7 Å². The number of carbonyl (C=O) groups is 2. The minimum absolute atomic E-state index is 0.0395. The molecule has 202 valence electrons. The van der Waals surface area contributed by atoms with E-state index in [2.05, 4.69) is 56.3 Å². The second-order valence-electron chi connectivity index (χ2n) is 9.88. The van der Waals surface area contributed by atoms with Crippen LogP contribution in [0.2, 0.25) is 0 Å². The van der Waals surface area contributed by atoms with Gasteiger partial charge in [-0.1, -0.05) is 23.4 Å². The number of carbonyl (C=O) groups excluding carboxylic acids is 2. The van der Waals surface area contributed by atoms with Crippen molar-refractivity contribution in [3.8, 4) is 11.4 Å². The van der Waals surface area contributed by atoms with Gasteiger partial charge in [-0.3, -0.25) is 14.2 Å².